The van der Waals surface area contributed by atoms with Gasteiger partial charge in [-0.25, -0.2) is 5.43 Å². The van der Waals surface area contributed by atoms with Gasteiger partial charge >= 0.3 is 0 Å². The van der Waals surface area contributed by atoms with Crippen LogP contribution in [-0.2, 0) is 4.79 Å². The monoisotopic (exact) mass is 383 g/mol. The van der Waals surface area contributed by atoms with E-state index in [1.807, 2.05) is 0 Å². The third-order valence-corrected chi connectivity index (χ3v) is 3.65. The van der Waals surface area contributed by atoms with Crippen LogP contribution in [-0.4, -0.2) is 24.6 Å². The summed E-state index contributed by atoms with van der Waals surface area (Å²) in [5.41, 5.74) is 3.26. The number of hydrazone groups is 1. The SMILES string of the molecule is O=C(CNC(=O)c1cccc(Cl)c1)N/N=C\c1ccc(Cl)cc1Cl. The van der Waals surface area contributed by atoms with Crippen LogP contribution in [0.15, 0.2) is 47.6 Å². The number of hydrogen-bond donors (Lipinski definition) is 2. The zero-order valence-corrected chi connectivity index (χ0v) is 14.5. The Balaban J connectivity index is 1.83. The van der Waals surface area contributed by atoms with E-state index >= 15 is 0 Å². The number of nitrogens with one attached hydrogen (secondary N) is 2. The maximum atomic E-state index is 11.9. The van der Waals surface area contributed by atoms with Crippen molar-refractivity contribution >= 4 is 52.8 Å². The average Bonchev–Trinajstić information content (AvgIpc) is 2.54. The maximum Gasteiger partial charge on any atom is 0.259 e. The second-order valence-electron chi connectivity index (χ2n) is 4.65. The van der Waals surface area contributed by atoms with Gasteiger partial charge in [0.2, 0.25) is 0 Å². The molecule has 2 N–H and O–H groups in total. The van der Waals surface area contributed by atoms with Gasteiger partial charge in [0.25, 0.3) is 11.8 Å². The number of amides is 2. The van der Waals surface area contributed by atoms with Crippen molar-refractivity contribution in [1.29, 1.82) is 0 Å². The first-order chi connectivity index (χ1) is 11.5. The molecule has 0 saturated carbocycles. The van der Waals surface area contributed by atoms with Gasteiger partial charge in [0.15, 0.2) is 0 Å². The van der Waals surface area contributed by atoms with E-state index < -0.39 is 11.8 Å². The highest BCUT2D eigenvalue weighted by Crippen LogP contribution is 2.19. The largest absolute Gasteiger partial charge is 0.343 e. The predicted octanol–water partition coefficient (Wildman–Crippen LogP) is 3.53. The second kappa shape index (κ2) is 8.68. The Labute approximate surface area is 153 Å². The molecule has 24 heavy (non-hydrogen) atoms. The van der Waals surface area contributed by atoms with E-state index in [0.717, 1.165) is 0 Å². The van der Waals surface area contributed by atoms with Crippen LogP contribution >= 0.6 is 34.8 Å². The first-order valence-corrected chi connectivity index (χ1v) is 7.90. The normalized spacial score (nSPS) is 10.6. The first kappa shape index (κ1) is 18.3. The van der Waals surface area contributed by atoms with Crippen LogP contribution in [0.2, 0.25) is 15.1 Å². The molecule has 2 rings (SSSR count). The molecule has 5 nitrogen and oxygen atoms in total. The third-order valence-electron chi connectivity index (χ3n) is 2.85. The molecule has 124 valence electrons. The Morgan fingerprint density at radius 1 is 1.04 bits per heavy atom. The zero-order chi connectivity index (χ0) is 17.5. The molecule has 8 heteroatoms. The summed E-state index contributed by atoms with van der Waals surface area (Å²) in [7, 11) is 0. The van der Waals surface area contributed by atoms with Crippen LogP contribution in [0.5, 0.6) is 0 Å². The number of hydrogen-bond acceptors (Lipinski definition) is 3. The number of nitrogens with zero attached hydrogens (tertiary/aromatic N) is 1. The van der Waals surface area contributed by atoms with Crippen LogP contribution in [0, 0.1) is 0 Å². The van der Waals surface area contributed by atoms with Gasteiger partial charge in [-0.05, 0) is 30.3 Å². The fourth-order valence-corrected chi connectivity index (χ4v) is 2.36. The highest BCUT2D eigenvalue weighted by molar-refractivity contribution is 6.36. The minimum Gasteiger partial charge on any atom is -0.343 e. The molecule has 0 aliphatic heterocycles. The number of carbonyl (C=O) groups is 2. The number of benzene rings is 2. The lowest BCUT2D eigenvalue weighted by atomic mass is 10.2. The van der Waals surface area contributed by atoms with E-state index in [4.69, 9.17) is 34.8 Å². The van der Waals surface area contributed by atoms with Gasteiger partial charge in [-0.1, -0.05) is 46.9 Å². The predicted molar refractivity (Wildman–Crippen MR) is 96.0 cm³/mol. The smallest absolute Gasteiger partial charge is 0.259 e. The Morgan fingerprint density at radius 3 is 2.50 bits per heavy atom. The summed E-state index contributed by atoms with van der Waals surface area (Å²) in [5, 5.41) is 7.60. The molecular formula is C16H12Cl3N3O2. The second-order valence-corrected chi connectivity index (χ2v) is 5.93. The van der Waals surface area contributed by atoms with Crippen LogP contribution < -0.4 is 10.7 Å². The van der Waals surface area contributed by atoms with Crippen molar-refractivity contribution in [2.24, 2.45) is 5.10 Å². The van der Waals surface area contributed by atoms with E-state index in [0.29, 0.717) is 26.2 Å². The summed E-state index contributed by atoms with van der Waals surface area (Å²) >= 11 is 17.6. The van der Waals surface area contributed by atoms with Gasteiger partial charge in [-0.2, -0.15) is 5.10 Å². The summed E-state index contributed by atoms with van der Waals surface area (Å²) in [6, 6.07) is 11.3. The molecule has 0 saturated heterocycles. The number of rotatable bonds is 5. The van der Waals surface area contributed by atoms with Gasteiger partial charge < -0.3 is 5.32 Å². The van der Waals surface area contributed by atoms with Gasteiger partial charge in [-0.3, -0.25) is 9.59 Å². The van der Waals surface area contributed by atoms with Crippen LogP contribution in [0.1, 0.15) is 15.9 Å². The molecule has 0 aliphatic rings. The standard InChI is InChI=1S/C16H12Cl3N3O2/c17-12-3-1-2-10(6-12)16(24)20-9-15(23)22-21-8-11-4-5-13(18)7-14(11)19/h1-8H,9H2,(H,20,24)(H,22,23)/b21-8-. The summed E-state index contributed by atoms with van der Waals surface area (Å²) < 4.78 is 0. The van der Waals surface area contributed by atoms with E-state index in [1.165, 1.54) is 12.3 Å². The van der Waals surface area contributed by atoms with E-state index in [-0.39, 0.29) is 6.54 Å². The van der Waals surface area contributed by atoms with Crippen molar-refractivity contribution in [3.8, 4) is 0 Å². The van der Waals surface area contributed by atoms with E-state index in [2.05, 4.69) is 15.8 Å². The van der Waals surface area contributed by atoms with Gasteiger partial charge in [0.05, 0.1) is 17.8 Å². The maximum absolute atomic E-state index is 11.9. The van der Waals surface area contributed by atoms with Gasteiger partial charge in [-0.15, -0.1) is 0 Å². The quantitative estimate of drug-likeness (QED) is 0.611. The molecule has 2 aromatic rings. The van der Waals surface area contributed by atoms with Crippen LogP contribution in [0.4, 0.5) is 0 Å². The summed E-state index contributed by atoms with van der Waals surface area (Å²) in [6.07, 6.45) is 1.38. The van der Waals surface area contributed by atoms with Crippen molar-refractivity contribution in [2.45, 2.75) is 0 Å². The van der Waals surface area contributed by atoms with Crippen molar-refractivity contribution in [3.05, 3.63) is 68.7 Å². The molecule has 0 spiro atoms. The Kier molecular flexibility index (Phi) is 6.61. The Bertz CT molecular complexity index is 794. The molecule has 0 bridgehead atoms. The molecule has 0 heterocycles. The third kappa shape index (κ3) is 5.53. The van der Waals surface area contributed by atoms with E-state index in [1.54, 1.807) is 36.4 Å². The molecule has 0 fully saturated rings. The fourth-order valence-electron chi connectivity index (χ4n) is 1.71. The minimum absolute atomic E-state index is 0.225. The summed E-state index contributed by atoms with van der Waals surface area (Å²) in [6.45, 7) is -0.225. The lowest BCUT2D eigenvalue weighted by Gasteiger charge is -2.04. The minimum atomic E-state index is -0.480. The highest BCUT2D eigenvalue weighted by Gasteiger charge is 2.07. The Hall–Kier alpha value is -2.08. The van der Waals surface area contributed by atoms with Gasteiger partial charge in [0.1, 0.15) is 0 Å². The van der Waals surface area contributed by atoms with E-state index in [9.17, 15) is 9.59 Å². The molecular weight excluding hydrogens is 373 g/mol. The number of carbonyl (C=O) groups excluding carboxylic acids is 2. The highest BCUT2D eigenvalue weighted by atomic mass is 35.5. The topological polar surface area (TPSA) is 70.6 Å². The molecule has 0 atom stereocenters. The first-order valence-electron chi connectivity index (χ1n) is 6.76. The van der Waals surface area contributed by atoms with Gasteiger partial charge in [0, 0.05) is 21.2 Å². The molecule has 0 radical (unpaired) electrons. The molecule has 0 unspecified atom stereocenters. The van der Waals surface area contributed by atoms with Crippen molar-refractivity contribution in [2.75, 3.05) is 6.54 Å². The average molecular weight is 385 g/mol. The summed E-state index contributed by atoms with van der Waals surface area (Å²) in [4.78, 5) is 23.5. The molecule has 2 amide bonds. The molecule has 2 aromatic carbocycles. The summed E-state index contributed by atoms with van der Waals surface area (Å²) in [5.74, 6) is -0.885. The van der Waals surface area contributed by atoms with Crippen molar-refractivity contribution in [1.82, 2.24) is 10.7 Å². The number of halogens is 3. The van der Waals surface area contributed by atoms with Crippen molar-refractivity contribution < 1.29 is 9.59 Å². The fraction of sp³-hybridized carbons (Fsp3) is 0.0625. The van der Waals surface area contributed by atoms with Crippen molar-refractivity contribution in [3.63, 3.8) is 0 Å². The Morgan fingerprint density at radius 2 is 1.79 bits per heavy atom. The zero-order valence-electron chi connectivity index (χ0n) is 12.2. The van der Waals surface area contributed by atoms with Crippen LogP contribution in [0.25, 0.3) is 0 Å². The molecule has 0 aliphatic carbocycles. The molecule has 0 aromatic heterocycles. The lowest BCUT2D eigenvalue weighted by molar-refractivity contribution is -0.120. The van der Waals surface area contributed by atoms with Crippen LogP contribution in [0.3, 0.4) is 0 Å². The lowest BCUT2D eigenvalue weighted by Crippen LogP contribution is -2.34.